The van der Waals surface area contributed by atoms with Gasteiger partial charge in [-0.3, -0.25) is 0 Å². The van der Waals surface area contributed by atoms with Gasteiger partial charge in [0, 0.05) is 17.5 Å². The summed E-state index contributed by atoms with van der Waals surface area (Å²) in [4.78, 5) is 17.8. The Hall–Kier alpha value is -3.25. The molecule has 0 spiro atoms. The molecule has 1 aliphatic rings. The normalized spacial score (nSPS) is 12.5. The van der Waals surface area contributed by atoms with Gasteiger partial charge in [-0.15, -0.1) is 0 Å². The first kappa shape index (κ1) is 22.0. The second-order valence-corrected chi connectivity index (χ2v) is 7.77. The van der Waals surface area contributed by atoms with Crippen LogP contribution in [0, 0.1) is 0 Å². The van der Waals surface area contributed by atoms with Gasteiger partial charge in [0.1, 0.15) is 5.82 Å². The standard InChI is InChI=1S/C25H25ClN2O4/c1-3-8-23-27-20(12-11-17-9-6-5-7-10-17)24(25(29)30-4-2)28(23)15-18-13-21-22(14-19(18)26)32-16-31-21/h5-7,9-14H,3-4,8,15-16H2,1-2H3/b12-11+. The zero-order valence-electron chi connectivity index (χ0n) is 18.1. The molecule has 0 N–H and O–H groups in total. The lowest BCUT2D eigenvalue weighted by Crippen LogP contribution is -2.16. The summed E-state index contributed by atoms with van der Waals surface area (Å²) >= 11 is 6.53. The number of rotatable bonds is 8. The Kier molecular flexibility index (Phi) is 6.81. The molecule has 0 bridgehead atoms. The van der Waals surface area contributed by atoms with Crippen LogP contribution in [0.1, 0.15) is 53.4 Å². The lowest BCUT2D eigenvalue weighted by atomic mass is 10.1. The van der Waals surface area contributed by atoms with Gasteiger partial charge in [-0.2, -0.15) is 0 Å². The quantitative estimate of drug-likeness (QED) is 0.415. The topological polar surface area (TPSA) is 62.6 Å². The Balaban J connectivity index is 1.78. The Bertz CT molecular complexity index is 1140. The molecule has 166 valence electrons. The average Bonchev–Trinajstić information content (AvgIpc) is 3.38. The van der Waals surface area contributed by atoms with Gasteiger partial charge in [0.15, 0.2) is 17.2 Å². The number of carbonyl (C=O) groups is 1. The van der Waals surface area contributed by atoms with Gasteiger partial charge in [0.05, 0.1) is 18.8 Å². The van der Waals surface area contributed by atoms with Crippen LogP contribution in [0.4, 0.5) is 0 Å². The van der Waals surface area contributed by atoms with Crippen LogP contribution in [0.15, 0.2) is 42.5 Å². The highest BCUT2D eigenvalue weighted by molar-refractivity contribution is 6.31. The number of imidazole rings is 1. The van der Waals surface area contributed by atoms with E-state index in [4.69, 9.17) is 30.8 Å². The molecule has 0 unspecified atom stereocenters. The van der Waals surface area contributed by atoms with Crippen molar-refractivity contribution < 1.29 is 19.0 Å². The minimum absolute atomic E-state index is 0.170. The second-order valence-electron chi connectivity index (χ2n) is 7.36. The fraction of sp³-hybridized carbons (Fsp3) is 0.280. The molecule has 0 radical (unpaired) electrons. The van der Waals surface area contributed by atoms with Gasteiger partial charge in [-0.25, -0.2) is 9.78 Å². The third-order valence-electron chi connectivity index (χ3n) is 5.12. The Morgan fingerprint density at radius 3 is 2.62 bits per heavy atom. The summed E-state index contributed by atoms with van der Waals surface area (Å²) < 4.78 is 18.2. The fourth-order valence-corrected chi connectivity index (χ4v) is 3.84. The SMILES string of the molecule is CCCc1nc(/C=C/c2ccccc2)c(C(=O)OCC)n1Cc1cc2c(cc1Cl)OCO2. The molecular formula is C25H25ClN2O4. The van der Waals surface area contributed by atoms with Gasteiger partial charge in [-0.1, -0.05) is 54.9 Å². The molecule has 0 amide bonds. The molecule has 0 saturated carbocycles. The van der Waals surface area contributed by atoms with Gasteiger partial charge in [0.25, 0.3) is 0 Å². The van der Waals surface area contributed by atoms with Crippen LogP contribution in [0.5, 0.6) is 11.5 Å². The molecule has 2 heterocycles. The minimum Gasteiger partial charge on any atom is -0.461 e. The molecule has 1 aliphatic heterocycles. The molecule has 32 heavy (non-hydrogen) atoms. The first-order valence-corrected chi connectivity index (χ1v) is 11.1. The van der Waals surface area contributed by atoms with Gasteiger partial charge in [-0.05, 0) is 36.6 Å². The van der Waals surface area contributed by atoms with Crippen molar-refractivity contribution in [3.8, 4) is 11.5 Å². The van der Waals surface area contributed by atoms with Crippen LogP contribution in [-0.2, 0) is 17.7 Å². The summed E-state index contributed by atoms with van der Waals surface area (Å²) in [6, 6.07) is 13.5. The van der Waals surface area contributed by atoms with Crippen molar-refractivity contribution in [2.45, 2.75) is 33.2 Å². The van der Waals surface area contributed by atoms with Crippen LogP contribution in [-0.4, -0.2) is 28.9 Å². The third kappa shape index (κ3) is 4.65. The molecule has 4 rings (SSSR count). The molecule has 0 atom stereocenters. The monoisotopic (exact) mass is 452 g/mol. The van der Waals surface area contributed by atoms with E-state index in [2.05, 4.69) is 6.92 Å². The number of nitrogens with zero attached hydrogens (tertiary/aromatic N) is 2. The van der Waals surface area contributed by atoms with Gasteiger partial charge >= 0.3 is 5.97 Å². The molecule has 1 aromatic heterocycles. The summed E-state index contributed by atoms with van der Waals surface area (Å²) in [7, 11) is 0. The zero-order chi connectivity index (χ0) is 22.5. The molecule has 0 aliphatic carbocycles. The number of hydrogen-bond acceptors (Lipinski definition) is 5. The molecular weight excluding hydrogens is 428 g/mol. The summed E-state index contributed by atoms with van der Waals surface area (Å²) in [6.07, 6.45) is 5.40. The highest BCUT2D eigenvalue weighted by Gasteiger charge is 2.24. The third-order valence-corrected chi connectivity index (χ3v) is 5.47. The molecule has 2 aromatic carbocycles. The van der Waals surface area contributed by atoms with Crippen LogP contribution < -0.4 is 9.47 Å². The average molecular weight is 453 g/mol. The smallest absolute Gasteiger partial charge is 0.357 e. The Morgan fingerprint density at radius 2 is 1.91 bits per heavy atom. The molecule has 0 fully saturated rings. The first-order chi connectivity index (χ1) is 15.6. The van der Waals surface area contributed by atoms with Crippen molar-refractivity contribution in [1.29, 1.82) is 0 Å². The van der Waals surface area contributed by atoms with E-state index in [1.807, 2.05) is 53.1 Å². The van der Waals surface area contributed by atoms with E-state index in [-0.39, 0.29) is 13.4 Å². The van der Waals surface area contributed by atoms with E-state index in [1.54, 1.807) is 13.0 Å². The summed E-state index contributed by atoms with van der Waals surface area (Å²) in [5, 5.41) is 0.543. The molecule has 0 saturated heterocycles. The van der Waals surface area contributed by atoms with E-state index in [1.165, 1.54) is 0 Å². The van der Waals surface area contributed by atoms with Crippen molar-refractivity contribution in [2.75, 3.05) is 13.4 Å². The van der Waals surface area contributed by atoms with Crippen LogP contribution >= 0.6 is 11.6 Å². The van der Waals surface area contributed by atoms with Crippen LogP contribution in [0.25, 0.3) is 12.2 Å². The highest BCUT2D eigenvalue weighted by Crippen LogP contribution is 2.37. The molecule has 6 nitrogen and oxygen atoms in total. The fourth-order valence-electron chi connectivity index (χ4n) is 3.62. The zero-order valence-corrected chi connectivity index (χ0v) is 18.9. The predicted octanol–water partition coefficient (Wildman–Crippen LogP) is 5.61. The summed E-state index contributed by atoms with van der Waals surface area (Å²) in [6.45, 7) is 4.69. The predicted molar refractivity (Wildman–Crippen MR) is 124 cm³/mol. The maximum absolute atomic E-state index is 13.0. The van der Waals surface area contributed by atoms with Crippen molar-refractivity contribution in [3.05, 3.63) is 75.8 Å². The number of halogens is 1. The largest absolute Gasteiger partial charge is 0.461 e. The number of hydrogen-bond donors (Lipinski definition) is 0. The lowest BCUT2D eigenvalue weighted by Gasteiger charge is -2.13. The lowest BCUT2D eigenvalue weighted by molar-refractivity contribution is 0.0513. The minimum atomic E-state index is -0.410. The van der Waals surface area contributed by atoms with Crippen molar-refractivity contribution in [1.82, 2.24) is 9.55 Å². The highest BCUT2D eigenvalue weighted by atomic mass is 35.5. The van der Waals surface area contributed by atoms with E-state index < -0.39 is 5.97 Å². The number of aromatic nitrogens is 2. The van der Waals surface area contributed by atoms with Crippen molar-refractivity contribution >= 4 is 29.7 Å². The first-order valence-electron chi connectivity index (χ1n) is 10.7. The number of benzene rings is 2. The number of aryl methyl sites for hydroxylation is 1. The van der Waals surface area contributed by atoms with E-state index in [0.29, 0.717) is 40.9 Å². The number of esters is 1. The van der Waals surface area contributed by atoms with E-state index >= 15 is 0 Å². The van der Waals surface area contributed by atoms with Crippen molar-refractivity contribution in [3.63, 3.8) is 0 Å². The maximum atomic E-state index is 13.0. The number of fused-ring (bicyclic) bond motifs is 1. The van der Waals surface area contributed by atoms with Gasteiger partial charge < -0.3 is 18.8 Å². The summed E-state index contributed by atoms with van der Waals surface area (Å²) in [5.41, 5.74) is 2.83. The maximum Gasteiger partial charge on any atom is 0.357 e. The molecule has 7 heteroatoms. The Labute approximate surface area is 192 Å². The molecule has 3 aromatic rings. The van der Waals surface area contributed by atoms with Crippen LogP contribution in [0.3, 0.4) is 0 Å². The number of carbonyl (C=O) groups excluding carboxylic acids is 1. The van der Waals surface area contributed by atoms with E-state index in [9.17, 15) is 4.79 Å². The van der Waals surface area contributed by atoms with Crippen LogP contribution in [0.2, 0.25) is 5.02 Å². The van der Waals surface area contributed by atoms with E-state index in [0.717, 1.165) is 23.4 Å². The number of ether oxygens (including phenoxy) is 3. The summed E-state index contributed by atoms with van der Waals surface area (Å²) in [5.74, 6) is 1.66. The van der Waals surface area contributed by atoms with Crippen molar-refractivity contribution in [2.24, 2.45) is 0 Å². The second kappa shape index (κ2) is 9.92. The Morgan fingerprint density at radius 1 is 1.16 bits per heavy atom. The van der Waals surface area contributed by atoms with Gasteiger partial charge in [0.2, 0.25) is 6.79 Å².